The van der Waals surface area contributed by atoms with Gasteiger partial charge in [0, 0.05) is 26.4 Å². The molecule has 1 aliphatic rings. The fourth-order valence-corrected chi connectivity index (χ4v) is 2.42. The number of rotatable bonds is 7. The number of aromatic nitrogens is 3. The second kappa shape index (κ2) is 6.65. The molecule has 0 saturated carbocycles. The van der Waals surface area contributed by atoms with Crippen LogP contribution in [0.3, 0.4) is 0 Å². The normalized spacial score (nSPS) is 13.6. The van der Waals surface area contributed by atoms with E-state index >= 15 is 0 Å². The van der Waals surface area contributed by atoms with Crippen molar-refractivity contribution in [3.8, 4) is 0 Å². The van der Waals surface area contributed by atoms with Gasteiger partial charge in [0.2, 0.25) is 5.91 Å². The van der Waals surface area contributed by atoms with Gasteiger partial charge in [-0.25, -0.2) is 0 Å². The first-order valence-corrected chi connectivity index (χ1v) is 7.07. The molecule has 0 aromatic carbocycles. The first kappa shape index (κ1) is 14.0. The summed E-state index contributed by atoms with van der Waals surface area (Å²) in [5.41, 5.74) is 5.43. The molecule has 19 heavy (non-hydrogen) atoms. The lowest BCUT2D eigenvalue weighted by atomic mass is 10.2. The summed E-state index contributed by atoms with van der Waals surface area (Å²) in [5, 5.41) is 8.33. The minimum atomic E-state index is 0.173. The predicted molar refractivity (Wildman–Crippen MR) is 72.3 cm³/mol. The molecule has 2 heterocycles. The molecule has 1 aromatic heterocycles. The van der Waals surface area contributed by atoms with E-state index in [4.69, 9.17) is 5.73 Å². The van der Waals surface area contributed by atoms with E-state index < -0.39 is 0 Å². The van der Waals surface area contributed by atoms with Crippen LogP contribution in [0.15, 0.2) is 0 Å². The van der Waals surface area contributed by atoms with Crippen molar-refractivity contribution in [2.24, 2.45) is 5.73 Å². The van der Waals surface area contributed by atoms with Gasteiger partial charge in [0.15, 0.2) is 5.82 Å². The van der Waals surface area contributed by atoms with E-state index in [1.165, 1.54) is 0 Å². The molecule has 1 aliphatic heterocycles. The smallest absolute Gasteiger partial charge is 0.222 e. The molecule has 6 heteroatoms. The van der Waals surface area contributed by atoms with Crippen molar-refractivity contribution in [2.45, 2.75) is 51.6 Å². The number of hydrogen-bond acceptors (Lipinski definition) is 4. The molecular weight excluding hydrogens is 242 g/mol. The zero-order valence-electron chi connectivity index (χ0n) is 11.6. The van der Waals surface area contributed by atoms with E-state index in [1.807, 2.05) is 7.05 Å². The number of aryl methyl sites for hydroxylation is 1. The molecular formula is C13H23N5O. The highest BCUT2D eigenvalue weighted by molar-refractivity contribution is 5.75. The quantitative estimate of drug-likeness (QED) is 0.736. The van der Waals surface area contributed by atoms with Crippen LogP contribution in [0, 0.1) is 0 Å². The molecule has 0 spiro atoms. The highest BCUT2D eigenvalue weighted by atomic mass is 16.2. The number of nitrogens with two attached hydrogens (primary N) is 1. The van der Waals surface area contributed by atoms with Gasteiger partial charge in [-0.3, -0.25) is 4.79 Å². The molecule has 0 fully saturated rings. The van der Waals surface area contributed by atoms with E-state index in [0.717, 1.165) is 50.3 Å². The summed E-state index contributed by atoms with van der Waals surface area (Å²) >= 11 is 0. The Labute approximate surface area is 114 Å². The van der Waals surface area contributed by atoms with Gasteiger partial charge >= 0.3 is 0 Å². The Bertz CT molecular complexity index is 429. The Kier molecular flexibility index (Phi) is 4.90. The van der Waals surface area contributed by atoms with Gasteiger partial charge in [-0.2, -0.15) is 0 Å². The van der Waals surface area contributed by atoms with Crippen molar-refractivity contribution < 1.29 is 4.79 Å². The van der Waals surface area contributed by atoms with Crippen molar-refractivity contribution >= 4 is 5.91 Å². The first-order chi connectivity index (χ1) is 9.22. The average Bonchev–Trinajstić information content (AvgIpc) is 2.99. The minimum Gasteiger partial charge on any atom is -0.338 e. The molecule has 0 unspecified atom stereocenters. The Balaban J connectivity index is 1.79. The monoisotopic (exact) mass is 265 g/mol. The van der Waals surface area contributed by atoms with Gasteiger partial charge in [0.05, 0.1) is 6.54 Å². The van der Waals surface area contributed by atoms with E-state index in [1.54, 1.807) is 4.90 Å². The summed E-state index contributed by atoms with van der Waals surface area (Å²) in [6.07, 6.45) is 5.67. The summed E-state index contributed by atoms with van der Waals surface area (Å²) in [6, 6.07) is 0. The maximum Gasteiger partial charge on any atom is 0.222 e. The lowest BCUT2D eigenvalue weighted by molar-refractivity contribution is -0.130. The summed E-state index contributed by atoms with van der Waals surface area (Å²) in [6.45, 7) is 2.24. The third kappa shape index (κ3) is 3.53. The van der Waals surface area contributed by atoms with Gasteiger partial charge in [0.1, 0.15) is 5.82 Å². The second-order valence-corrected chi connectivity index (χ2v) is 5.14. The van der Waals surface area contributed by atoms with Crippen LogP contribution in [0.1, 0.15) is 43.8 Å². The molecule has 0 saturated heterocycles. The van der Waals surface area contributed by atoms with E-state index in [2.05, 4.69) is 14.8 Å². The Hall–Kier alpha value is -1.43. The van der Waals surface area contributed by atoms with Crippen LogP contribution in [0.5, 0.6) is 0 Å². The molecule has 2 N–H and O–H groups in total. The number of nitrogens with zero attached hydrogens (tertiary/aromatic N) is 4. The third-order valence-electron chi connectivity index (χ3n) is 3.59. The highest BCUT2D eigenvalue weighted by Crippen LogP contribution is 2.15. The molecule has 0 atom stereocenters. The number of carbonyl (C=O) groups excluding carboxylic acids is 1. The van der Waals surface area contributed by atoms with Gasteiger partial charge < -0.3 is 15.2 Å². The van der Waals surface area contributed by atoms with Crippen LogP contribution in [0.25, 0.3) is 0 Å². The molecule has 1 aromatic rings. The van der Waals surface area contributed by atoms with Crippen molar-refractivity contribution in [1.82, 2.24) is 19.7 Å². The number of fused-ring (bicyclic) bond motifs is 1. The summed E-state index contributed by atoms with van der Waals surface area (Å²) in [4.78, 5) is 13.7. The van der Waals surface area contributed by atoms with E-state index in [0.29, 0.717) is 19.5 Å². The van der Waals surface area contributed by atoms with Crippen LogP contribution >= 0.6 is 0 Å². The summed E-state index contributed by atoms with van der Waals surface area (Å²) in [5.74, 6) is 2.14. The van der Waals surface area contributed by atoms with Gasteiger partial charge in [0.25, 0.3) is 0 Å². The van der Waals surface area contributed by atoms with Gasteiger partial charge in [-0.05, 0) is 25.8 Å². The van der Waals surface area contributed by atoms with Crippen LogP contribution in [0.2, 0.25) is 0 Å². The van der Waals surface area contributed by atoms with Crippen LogP contribution in [-0.2, 0) is 24.3 Å². The minimum absolute atomic E-state index is 0.173. The van der Waals surface area contributed by atoms with Gasteiger partial charge in [-0.1, -0.05) is 6.42 Å². The number of unbranched alkanes of at least 4 members (excludes halogenated alkanes) is 2. The molecule has 106 valence electrons. The van der Waals surface area contributed by atoms with Crippen LogP contribution in [0.4, 0.5) is 0 Å². The molecule has 6 nitrogen and oxygen atoms in total. The zero-order valence-corrected chi connectivity index (χ0v) is 11.6. The summed E-state index contributed by atoms with van der Waals surface area (Å²) in [7, 11) is 1.84. The fraction of sp³-hybridized carbons (Fsp3) is 0.769. The molecule has 1 amide bonds. The topological polar surface area (TPSA) is 77.0 Å². The average molecular weight is 265 g/mol. The Morgan fingerprint density at radius 1 is 1.37 bits per heavy atom. The Morgan fingerprint density at radius 3 is 3.00 bits per heavy atom. The van der Waals surface area contributed by atoms with Crippen molar-refractivity contribution in [3.63, 3.8) is 0 Å². The lowest BCUT2D eigenvalue weighted by Gasteiger charge is -2.16. The second-order valence-electron chi connectivity index (χ2n) is 5.14. The van der Waals surface area contributed by atoms with Crippen molar-refractivity contribution in [3.05, 3.63) is 11.6 Å². The number of amides is 1. The SMILES string of the molecule is CN(Cc1nnc2n1CCC2)C(=O)CCCCCN. The zero-order chi connectivity index (χ0) is 13.7. The maximum absolute atomic E-state index is 12.0. The third-order valence-corrected chi connectivity index (χ3v) is 3.59. The molecule has 2 rings (SSSR count). The van der Waals surface area contributed by atoms with Crippen LogP contribution < -0.4 is 5.73 Å². The summed E-state index contributed by atoms with van der Waals surface area (Å²) < 4.78 is 2.14. The van der Waals surface area contributed by atoms with Gasteiger partial charge in [-0.15, -0.1) is 10.2 Å². The predicted octanol–water partition coefficient (Wildman–Crippen LogP) is 0.702. The van der Waals surface area contributed by atoms with Crippen molar-refractivity contribution in [1.29, 1.82) is 0 Å². The fourth-order valence-electron chi connectivity index (χ4n) is 2.42. The largest absolute Gasteiger partial charge is 0.338 e. The van der Waals surface area contributed by atoms with Crippen LogP contribution in [-0.4, -0.2) is 39.2 Å². The standard InChI is InChI=1S/C13H23N5O/c1-17(13(19)7-3-2-4-8-14)10-12-16-15-11-6-5-9-18(11)12/h2-10,14H2,1H3. The van der Waals surface area contributed by atoms with E-state index in [-0.39, 0.29) is 5.91 Å². The highest BCUT2D eigenvalue weighted by Gasteiger charge is 2.19. The molecule has 0 radical (unpaired) electrons. The Morgan fingerprint density at radius 2 is 2.21 bits per heavy atom. The maximum atomic E-state index is 12.0. The van der Waals surface area contributed by atoms with Crippen molar-refractivity contribution in [2.75, 3.05) is 13.6 Å². The molecule has 0 aliphatic carbocycles. The first-order valence-electron chi connectivity index (χ1n) is 7.07. The molecule has 0 bridgehead atoms. The number of hydrogen-bond donors (Lipinski definition) is 1. The lowest BCUT2D eigenvalue weighted by Crippen LogP contribution is -2.27. The number of carbonyl (C=O) groups is 1. The van der Waals surface area contributed by atoms with E-state index in [9.17, 15) is 4.79 Å².